The maximum atomic E-state index is 12.9. The summed E-state index contributed by atoms with van der Waals surface area (Å²) in [4.78, 5) is 26.9. The highest BCUT2D eigenvalue weighted by atomic mass is 16.2. The highest BCUT2D eigenvalue weighted by Crippen LogP contribution is 2.35. The summed E-state index contributed by atoms with van der Waals surface area (Å²) >= 11 is 0. The fourth-order valence-electron chi connectivity index (χ4n) is 4.04. The van der Waals surface area contributed by atoms with Crippen LogP contribution in [0, 0.1) is 0 Å². The Bertz CT molecular complexity index is 368. The summed E-state index contributed by atoms with van der Waals surface area (Å²) < 4.78 is 0. The molecule has 2 saturated carbocycles. The number of amides is 2. The molecule has 0 bridgehead atoms. The average Bonchev–Trinajstić information content (AvgIpc) is 2.85. The van der Waals surface area contributed by atoms with Gasteiger partial charge in [0.2, 0.25) is 11.8 Å². The van der Waals surface area contributed by atoms with Crippen LogP contribution in [0.25, 0.3) is 0 Å². The Kier molecular flexibility index (Phi) is 3.50. The van der Waals surface area contributed by atoms with Crippen LogP contribution in [0.5, 0.6) is 0 Å². The Labute approximate surface area is 114 Å². The molecular formula is C15H24N2O2. The predicted octanol–water partition coefficient (Wildman–Crippen LogP) is 1.98. The minimum atomic E-state index is -0.551. The first-order chi connectivity index (χ1) is 9.21. The fourth-order valence-corrected chi connectivity index (χ4v) is 4.04. The number of carbonyl (C=O) groups is 2. The summed E-state index contributed by atoms with van der Waals surface area (Å²) in [6, 6.07) is 0.381. The number of nitrogens with zero attached hydrogens (tertiary/aromatic N) is 1. The average molecular weight is 264 g/mol. The molecule has 2 aliphatic carbocycles. The molecule has 4 nitrogen and oxygen atoms in total. The summed E-state index contributed by atoms with van der Waals surface area (Å²) in [6.45, 7) is 0.622. The molecule has 1 saturated heterocycles. The monoisotopic (exact) mass is 264 g/mol. The topological polar surface area (TPSA) is 49.4 Å². The van der Waals surface area contributed by atoms with Gasteiger partial charge in [-0.1, -0.05) is 32.1 Å². The van der Waals surface area contributed by atoms with Gasteiger partial charge in [-0.15, -0.1) is 0 Å². The summed E-state index contributed by atoms with van der Waals surface area (Å²) in [5.41, 5.74) is -0.551. The van der Waals surface area contributed by atoms with Crippen LogP contribution in [0.3, 0.4) is 0 Å². The van der Waals surface area contributed by atoms with Gasteiger partial charge < -0.3 is 10.2 Å². The van der Waals surface area contributed by atoms with Gasteiger partial charge in [0.05, 0.1) is 0 Å². The van der Waals surface area contributed by atoms with Gasteiger partial charge in [-0.05, 0) is 25.7 Å². The van der Waals surface area contributed by atoms with Crippen molar-refractivity contribution in [3.8, 4) is 0 Å². The van der Waals surface area contributed by atoms with Gasteiger partial charge >= 0.3 is 0 Å². The molecule has 3 aliphatic rings. The molecule has 0 aromatic carbocycles. The van der Waals surface area contributed by atoms with Gasteiger partial charge in [0, 0.05) is 19.0 Å². The zero-order valence-electron chi connectivity index (χ0n) is 11.6. The van der Waals surface area contributed by atoms with Crippen LogP contribution in [0.15, 0.2) is 0 Å². The number of hydrogen-bond acceptors (Lipinski definition) is 2. The molecule has 0 radical (unpaired) electrons. The number of rotatable bonds is 1. The van der Waals surface area contributed by atoms with E-state index in [0.717, 1.165) is 38.5 Å². The van der Waals surface area contributed by atoms with E-state index in [0.29, 0.717) is 19.0 Å². The van der Waals surface area contributed by atoms with Gasteiger partial charge in [-0.2, -0.15) is 0 Å². The molecule has 0 aromatic rings. The lowest BCUT2D eigenvalue weighted by molar-refractivity contribution is -0.141. The zero-order valence-corrected chi connectivity index (χ0v) is 11.6. The van der Waals surface area contributed by atoms with E-state index >= 15 is 0 Å². The Morgan fingerprint density at radius 3 is 2.37 bits per heavy atom. The third-order valence-electron chi connectivity index (χ3n) is 5.10. The van der Waals surface area contributed by atoms with E-state index in [1.165, 1.54) is 19.3 Å². The van der Waals surface area contributed by atoms with Gasteiger partial charge in [-0.3, -0.25) is 9.59 Å². The maximum Gasteiger partial charge on any atom is 0.248 e. The second-order valence-electron chi connectivity index (χ2n) is 6.38. The van der Waals surface area contributed by atoms with Gasteiger partial charge in [0.15, 0.2) is 0 Å². The highest BCUT2D eigenvalue weighted by Gasteiger charge is 2.47. The van der Waals surface area contributed by atoms with E-state index in [-0.39, 0.29) is 11.8 Å². The quantitative estimate of drug-likeness (QED) is 0.787. The Morgan fingerprint density at radius 2 is 1.68 bits per heavy atom. The molecule has 4 heteroatoms. The molecule has 0 atom stereocenters. The van der Waals surface area contributed by atoms with Crippen molar-refractivity contribution in [3.05, 3.63) is 0 Å². The number of nitrogens with one attached hydrogen (secondary N) is 1. The highest BCUT2D eigenvalue weighted by molar-refractivity contribution is 5.94. The largest absolute Gasteiger partial charge is 0.342 e. The second kappa shape index (κ2) is 5.14. The molecule has 1 spiro atoms. The molecule has 1 heterocycles. The van der Waals surface area contributed by atoms with Gasteiger partial charge in [-0.25, -0.2) is 0 Å². The van der Waals surface area contributed by atoms with Crippen molar-refractivity contribution in [1.82, 2.24) is 10.2 Å². The Morgan fingerprint density at radius 1 is 1.00 bits per heavy atom. The molecule has 106 valence electrons. The molecule has 3 fully saturated rings. The van der Waals surface area contributed by atoms with E-state index in [9.17, 15) is 9.59 Å². The SMILES string of the molecule is O=C1CCN(C2CCCCC2)C(=O)C2(CCCC2)N1. The van der Waals surface area contributed by atoms with Crippen molar-refractivity contribution in [3.63, 3.8) is 0 Å². The number of carbonyl (C=O) groups excluding carboxylic acids is 2. The first-order valence-electron chi connectivity index (χ1n) is 7.83. The first kappa shape index (κ1) is 12.9. The van der Waals surface area contributed by atoms with E-state index in [1.807, 2.05) is 4.90 Å². The van der Waals surface area contributed by atoms with E-state index in [1.54, 1.807) is 0 Å². The molecule has 1 aliphatic heterocycles. The third-order valence-corrected chi connectivity index (χ3v) is 5.10. The van der Waals surface area contributed by atoms with Crippen molar-refractivity contribution in [2.75, 3.05) is 6.54 Å². The summed E-state index contributed by atoms with van der Waals surface area (Å²) in [7, 11) is 0. The Balaban J connectivity index is 1.82. The van der Waals surface area contributed by atoms with Crippen LogP contribution >= 0.6 is 0 Å². The molecule has 0 aromatic heterocycles. The maximum absolute atomic E-state index is 12.9. The van der Waals surface area contributed by atoms with Gasteiger partial charge in [0.25, 0.3) is 0 Å². The second-order valence-corrected chi connectivity index (χ2v) is 6.38. The summed E-state index contributed by atoms with van der Waals surface area (Å²) in [5.74, 6) is 0.274. The van der Waals surface area contributed by atoms with Crippen molar-refractivity contribution < 1.29 is 9.59 Å². The van der Waals surface area contributed by atoms with Gasteiger partial charge in [0.1, 0.15) is 5.54 Å². The fraction of sp³-hybridized carbons (Fsp3) is 0.867. The van der Waals surface area contributed by atoms with E-state index in [4.69, 9.17) is 0 Å². The van der Waals surface area contributed by atoms with Crippen molar-refractivity contribution in [2.24, 2.45) is 0 Å². The molecule has 2 amide bonds. The van der Waals surface area contributed by atoms with Crippen molar-refractivity contribution in [2.45, 2.75) is 75.8 Å². The third kappa shape index (κ3) is 2.37. The Hall–Kier alpha value is -1.06. The van der Waals surface area contributed by atoms with Crippen LogP contribution in [-0.2, 0) is 9.59 Å². The molecule has 3 rings (SSSR count). The van der Waals surface area contributed by atoms with Crippen LogP contribution in [0.4, 0.5) is 0 Å². The van der Waals surface area contributed by atoms with E-state index in [2.05, 4.69) is 5.32 Å². The van der Waals surface area contributed by atoms with Crippen LogP contribution in [0.2, 0.25) is 0 Å². The zero-order chi connectivity index (χ0) is 13.3. The predicted molar refractivity (Wildman–Crippen MR) is 72.5 cm³/mol. The summed E-state index contributed by atoms with van der Waals surface area (Å²) in [6.07, 6.45) is 10.2. The normalized spacial score (nSPS) is 28.5. The standard InChI is InChI=1S/C15H24N2O2/c18-13-8-11-17(12-6-2-1-3-7-12)14(19)15(16-13)9-4-5-10-15/h12H,1-11H2,(H,16,18). The number of hydrogen-bond donors (Lipinski definition) is 1. The van der Waals surface area contributed by atoms with Crippen LogP contribution < -0.4 is 5.32 Å². The van der Waals surface area contributed by atoms with Crippen LogP contribution in [-0.4, -0.2) is 34.8 Å². The van der Waals surface area contributed by atoms with Crippen molar-refractivity contribution in [1.29, 1.82) is 0 Å². The molecule has 19 heavy (non-hydrogen) atoms. The lowest BCUT2D eigenvalue weighted by Crippen LogP contribution is -2.57. The lowest BCUT2D eigenvalue weighted by Gasteiger charge is -2.38. The van der Waals surface area contributed by atoms with E-state index < -0.39 is 5.54 Å². The molecular weight excluding hydrogens is 240 g/mol. The van der Waals surface area contributed by atoms with Crippen molar-refractivity contribution >= 4 is 11.8 Å². The minimum absolute atomic E-state index is 0.0635. The summed E-state index contributed by atoms with van der Waals surface area (Å²) in [5, 5.41) is 3.04. The lowest BCUT2D eigenvalue weighted by atomic mass is 9.90. The van der Waals surface area contributed by atoms with Crippen LogP contribution in [0.1, 0.15) is 64.2 Å². The minimum Gasteiger partial charge on any atom is -0.342 e. The first-order valence-corrected chi connectivity index (χ1v) is 7.83. The molecule has 0 unspecified atom stereocenters. The smallest absolute Gasteiger partial charge is 0.248 e. The molecule has 1 N–H and O–H groups in total.